The molecular weight excluding hydrogens is 358 g/mol. The van der Waals surface area contributed by atoms with Crippen molar-refractivity contribution in [2.24, 2.45) is 0 Å². The molecule has 2 aromatic heterocycles. The molecule has 3 aromatic rings. The minimum atomic E-state index is -0.396. The second-order valence-corrected chi connectivity index (χ2v) is 6.11. The molecule has 0 saturated heterocycles. The summed E-state index contributed by atoms with van der Waals surface area (Å²) in [5.74, 6) is 0.415. The number of oxazole rings is 1. The third-order valence-electron chi connectivity index (χ3n) is 4.27. The number of nitrogen functional groups attached to an aromatic ring is 1. The Morgan fingerprint density at radius 1 is 1.18 bits per heavy atom. The first-order valence-electron chi connectivity index (χ1n) is 8.80. The molecule has 28 heavy (non-hydrogen) atoms. The van der Waals surface area contributed by atoms with Crippen molar-refractivity contribution in [1.29, 1.82) is 0 Å². The zero-order valence-corrected chi connectivity index (χ0v) is 15.7. The van der Waals surface area contributed by atoms with Crippen molar-refractivity contribution in [3.05, 3.63) is 60.1 Å². The van der Waals surface area contributed by atoms with Gasteiger partial charge in [-0.1, -0.05) is 13.0 Å². The molecule has 3 rings (SSSR count). The van der Waals surface area contributed by atoms with Gasteiger partial charge in [0.25, 0.3) is 5.91 Å². The smallest absolute Gasteiger partial charge is 0.288 e. The maximum atomic E-state index is 12.3. The number of anilines is 2. The van der Waals surface area contributed by atoms with E-state index in [9.17, 15) is 9.59 Å². The largest absolute Gasteiger partial charge is 0.431 e. The quantitative estimate of drug-likeness (QED) is 0.680. The molecule has 3 N–H and O–H groups in total. The number of hydrogen-bond acceptors (Lipinski definition) is 6. The average molecular weight is 379 g/mol. The number of pyridine rings is 1. The molecule has 8 nitrogen and oxygen atoms in total. The molecule has 8 heteroatoms. The molecule has 0 aliphatic carbocycles. The van der Waals surface area contributed by atoms with Crippen molar-refractivity contribution < 1.29 is 14.0 Å². The molecule has 0 fully saturated rings. The third kappa shape index (κ3) is 4.17. The molecule has 2 amide bonds. The van der Waals surface area contributed by atoms with Crippen LogP contribution in [0.4, 0.5) is 11.5 Å². The number of carbonyl (C=O) groups excluding carboxylic acids is 2. The zero-order valence-electron chi connectivity index (χ0n) is 15.7. The lowest BCUT2D eigenvalue weighted by Gasteiger charge is -2.16. The molecule has 144 valence electrons. The van der Waals surface area contributed by atoms with E-state index in [2.05, 4.69) is 15.3 Å². The van der Waals surface area contributed by atoms with Crippen LogP contribution >= 0.6 is 0 Å². The Balaban J connectivity index is 1.67. The van der Waals surface area contributed by atoms with E-state index in [0.717, 1.165) is 11.3 Å². The maximum absolute atomic E-state index is 12.3. The SMILES string of the molecule is CCC(=O)N(C)c1ccc(-c2ncc(C(=O)NCc3cccnc3N)o2)cc1. The Morgan fingerprint density at radius 2 is 1.93 bits per heavy atom. The van der Waals surface area contributed by atoms with Crippen LogP contribution in [0.5, 0.6) is 0 Å². The number of carbonyl (C=O) groups is 2. The van der Waals surface area contributed by atoms with Crippen LogP contribution in [0.1, 0.15) is 29.5 Å². The second kappa shape index (κ2) is 8.34. The first-order chi connectivity index (χ1) is 13.5. The van der Waals surface area contributed by atoms with Gasteiger partial charge in [0, 0.05) is 43.0 Å². The molecule has 0 spiro atoms. The minimum absolute atomic E-state index is 0.0251. The highest BCUT2D eigenvalue weighted by Gasteiger charge is 2.15. The summed E-state index contributed by atoms with van der Waals surface area (Å²) in [5, 5.41) is 2.73. The number of aromatic nitrogens is 2. The van der Waals surface area contributed by atoms with Crippen molar-refractivity contribution in [2.45, 2.75) is 19.9 Å². The van der Waals surface area contributed by atoms with E-state index < -0.39 is 5.91 Å². The predicted molar refractivity (Wildman–Crippen MR) is 105 cm³/mol. The number of rotatable bonds is 6. The molecule has 1 aromatic carbocycles. The first kappa shape index (κ1) is 19.1. The van der Waals surface area contributed by atoms with E-state index in [1.165, 1.54) is 6.20 Å². The highest BCUT2D eigenvalue weighted by molar-refractivity contribution is 5.93. The second-order valence-electron chi connectivity index (χ2n) is 6.11. The van der Waals surface area contributed by atoms with Gasteiger partial charge in [0.2, 0.25) is 17.6 Å². The predicted octanol–water partition coefficient (Wildman–Crippen LogP) is 2.62. The monoisotopic (exact) mass is 379 g/mol. The van der Waals surface area contributed by atoms with Gasteiger partial charge in [-0.05, 0) is 30.3 Å². The van der Waals surface area contributed by atoms with E-state index in [-0.39, 0.29) is 18.2 Å². The summed E-state index contributed by atoms with van der Waals surface area (Å²) in [6.45, 7) is 2.05. The van der Waals surface area contributed by atoms with Gasteiger partial charge in [-0.25, -0.2) is 9.97 Å². The van der Waals surface area contributed by atoms with Crippen molar-refractivity contribution >= 4 is 23.3 Å². The Morgan fingerprint density at radius 3 is 2.61 bits per heavy atom. The van der Waals surface area contributed by atoms with Crippen molar-refractivity contribution in [3.63, 3.8) is 0 Å². The van der Waals surface area contributed by atoms with Gasteiger partial charge in [-0.15, -0.1) is 0 Å². The standard InChI is InChI=1S/C20H21N5O3/c1-3-17(26)25(2)15-8-6-13(7-9-15)20-24-12-16(28-20)19(27)23-11-14-5-4-10-22-18(14)21/h4-10,12H,3,11H2,1-2H3,(H2,21,22)(H,23,27). The number of benzene rings is 1. The average Bonchev–Trinajstić information content (AvgIpc) is 3.22. The zero-order chi connectivity index (χ0) is 20.1. The molecular formula is C20H21N5O3. The lowest BCUT2D eigenvalue weighted by molar-refractivity contribution is -0.118. The lowest BCUT2D eigenvalue weighted by atomic mass is 10.2. The summed E-state index contributed by atoms with van der Waals surface area (Å²) in [7, 11) is 1.73. The van der Waals surface area contributed by atoms with Gasteiger partial charge in [-0.3, -0.25) is 9.59 Å². The Labute approximate surface area is 162 Å². The molecule has 0 saturated carbocycles. The van der Waals surface area contributed by atoms with E-state index in [1.807, 2.05) is 6.92 Å². The molecule has 0 bridgehead atoms. The van der Waals surface area contributed by atoms with Gasteiger partial charge in [0.1, 0.15) is 5.82 Å². The topological polar surface area (TPSA) is 114 Å². The summed E-state index contributed by atoms with van der Waals surface area (Å²) >= 11 is 0. The van der Waals surface area contributed by atoms with Crippen LogP contribution in [0.15, 0.2) is 53.2 Å². The number of nitrogens with one attached hydrogen (secondary N) is 1. The third-order valence-corrected chi connectivity index (χ3v) is 4.27. The fraction of sp³-hybridized carbons (Fsp3) is 0.200. The fourth-order valence-electron chi connectivity index (χ4n) is 2.58. The summed E-state index contributed by atoms with van der Waals surface area (Å²) in [4.78, 5) is 33.8. The summed E-state index contributed by atoms with van der Waals surface area (Å²) in [6.07, 6.45) is 3.39. The minimum Gasteiger partial charge on any atom is -0.431 e. The van der Waals surface area contributed by atoms with Gasteiger partial charge >= 0.3 is 0 Å². The highest BCUT2D eigenvalue weighted by atomic mass is 16.4. The van der Waals surface area contributed by atoms with Gasteiger partial charge in [-0.2, -0.15) is 0 Å². The Bertz CT molecular complexity index is 982. The van der Waals surface area contributed by atoms with Gasteiger partial charge < -0.3 is 20.4 Å². The fourth-order valence-corrected chi connectivity index (χ4v) is 2.58. The Kier molecular flexibility index (Phi) is 5.69. The van der Waals surface area contributed by atoms with Crippen LogP contribution in [-0.4, -0.2) is 28.8 Å². The van der Waals surface area contributed by atoms with Gasteiger partial charge in [0.15, 0.2) is 0 Å². The van der Waals surface area contributed by atoms with Crippen LogP contribution in [0.3, 0.4) is 0 Å². The molecule has 0 aliphatic rings. The van der Waals surface area contributed by atoms with Gasteiger partial charge in [0.05, 0.1) is 6.20 Å². The molecule has 2 heterocycles. The van der Waals surface area contributed by atoms with E-state index in [1.54, 1.807) is 54.5 Å². The molecule has 0 atom stereocenters. The van der Waals surface area contributed by atoms with Crippen LogP contribution in [-0.2, 0) is 11.3 Å². The van der Waals surface area contributed by atoms with Crippen molar-refractivity contribution in [3.8, 4) is 11.5 Å². The Hall–Kier alpha value is -3.68. The molecule has 0 aliphatic heterocycles. The maximum Gasteiger partial charge on any atom is 0.288 e. The highest BCUT2D eigenvalue weighted by Crippen LogP contribution is 2.23. The molecule has 0 radical (unpaired) electrons. The van der Waals surface area contributed by atoms with Crippen molar-refractivity contribution in [1.82, 2.24) is 15.3 Å². The summed E-state index contributed by atoms with van der Waals surface area (Å²) in [6, 6.07) is 10.7. The van der Waals surface area contributed by atoms with Crippen LogP contribution < -0.4 is 16.0 Å². The van der Waals surface area contributed by atoms with Crippen LogP contribution in [0, 0.1) is 0 Å². The number of nitrogens with two attached hydrogens (primary N) is 1. The summed E-state index contributed by atoms with van der Waals surface area (Å²) in [5.41, 5.74) is 7.96. The number of hydrogen-bond donors (Lipinski definition) is 2. The van der Waals surface area contributed by atoms with E-state index in [0.29, 0.717) is 23.7 Å². The number of amides is 2. The van der Waals surface area contributed by atoms with Crippen LogP contribution in [0.25, 0.3) is 11.5 Å². The van der Waals surface area contributed by atoms with E-state index >= 15 is 0 Å². The molecule has 0 unspecified atom stereocenters. The normalized spacial score (nSPS) is 10.5. The number of nitrogens with zero attached hydrogens (tertiary/aromatic N) is 3. The van der Waals surface area contributed by atoms with Crippen molar-refractivity contribution in [2.75, 3.05) is 17.7 Å². The first-order valence-corrected chi connectivity index (χ1v) is 8.80. The van der Waals surface area contributed by atoms with Crippen LogP contribution in [0.2, 0.25) is 0 Å². The summed E-state index contributed by atoms with van der Waals surface area (Å²) < 4.78 is 5.57. The lowest BCUT2D eigenvalue weighted by Crippen LogP contribution is -2.24. The van der Waals surface area contributed by atoms with E-state index in [4.69, 9.17) is 10.2 Å².